The third-order valence-corrected chi connectivity index (χ3v) is 10.6. The van der Waals surface area contributed by atoms with Gasteiger partial charge in [-0.25, -0.2) is 4.79 Å². The van der Waals surface area contributed by atoms with Crippen molar-refractivity contribution in [3.63, 3.8) is 0 Å². The molecule has 4 aliphatic carbocycles. The maximum Gasteiger partial charge on any atom is 0.338 e. The first-order valence-corrected chi connectivity index (χ1v) is 14.0. The Hall–Kier alpha value is -3.00. The van der Waals surface area contributed by atoms with Crippen LogP contribution >= 0.6 is 11.6 Å². The number of halogens is 1. The first-order valence-electron chi connectivity index (χ1n) is 13.6. The number of carbonyl (C=O) groups excluding carboxylic acids is 3. The van der Waals surface area contributed by atoms with Gasteiger partial charge < -0.3 is 9.47 Å². The number of ketones is 1. The predicted molar refractivity (Wildman–Crippen MR) is 144 cm³/mol. The molecule has 0 aliphatic heterocycles. The summed E-state index contributed by atoms with van der Waals surface area (Å²) in [7, 11) is 0. The predicted octanol–water partition coefficient (Wildman–Crippen LogP) is 6.32. The molecule has 0 unspecified atom stereocenters. The van der Waals surface area contributed by atoms with Gasteiger partial charge in [0.25, 0.3) is 5.69 Å². The van der Waals surface area contributed by atoms with Gasteiger partial charge in [0.05, 0.1) is 10.5 Å². The van der Waals surface area contributed by atoms with Gasteiger partial charge in [-0.05, 0) is 92.4 Å². The first kappa shape index (κ1) is 27.6. The van der Waals surface area contributed by atoms with Crippen LogP contribution in [-0.2, 0) is 19.1 Å². The lowest BCUT2D eigenvalue weighted by molar-refractivity contribution is -0.384. The summed E-state index contributed by atoms with van der Waals surface area (Å²) in [4.78, 5) is 48.2. The average molecular weight is 556 g/mol. The topological polar surface area (TPSA) is 113 Å². The van der Waals surface area contributed by atoms with Gasteiger partial charge in [0.1, 0.15) is 6.10 Å². The van der Waals surface area contributed by atoms with Gasteiger partial charge in [-0.1, -0.05) is 31.5 Å². The molecule has 8 nitrogen and oxygen atoms in total. The number of nitrogens with zero attached hydrogens (tertiary/aromatic N) is 1. The summed E-state index contributed by atoms with van der Waals surface area (Å²) in [5, 5.41) is 11.6. The van der Waals surface area contributed by atoms with E-state index in [1.807, 2.05) is 6.08 Å². The van der Waals surface area contributed by atoms with Gasteiger partial charge in [0.15, 0.2) is 11.4 Å². The largest absolute Gasteiger partial charge is 0.455 e. The van der Waals surface area contributed by atoms with Crippen molar-refractivity contribution < 1.29 is 28.8 Å². The SMILES string of the molecule is CC(=O)O[C@]1(C(C)=O)CC[C@H]2[C@@H]3C=C(Cl)C4=C[C@H](OC(=O)c5ccc([N+](=O)[O-])cc5)CC[C@]4(C)[C@H]3CC[C@@]21C. The van der Waals surface area contributed by atoms with Crippen LogP contribution in [0.3, 0.4) is 0 Å². The van der Waals surface area contributed by atoms with Gasteiger partial charge in [-0.15, -0.1) is 0 Å². The first-order chi connectivity index (χ1) is 18.3. The van der Waals surface area contributed by atoms with Crippen molar-refractivity contribution in [2.75, 3.05) is 0 Å². The molecule has 208 valence electrons. The Balaban J connectivity index is 1.41. The fourth-order valence-electron chi connectivity index (χ4n) is 8.28. The molecule has 0 radical (unpaired) electrons. The molecule has 0 N–H and O–H groups in total. The number of non-ortho nitro benzene ring substituents is 1. The zero-order valence-electron chi connectivity index (χ0n) is 22.7. The molecule has 1 aromatic carbocycles. The number of nitro groups is 1. The smallest absolute Gasteiger partial charge is 0.338 e. The minimum atomic E-state index is -1.10. The van der Waals surface area contributed by atoms with Crippen LogP contribution in [0.15, 0.2) is 47.0 Å². The number of allylic oxidation sites excluding steroid dienone is 3. The van der Waals surface area contributed by atoms with Crippen LogP contribution in [0.5, 0.6) is 0 Å². The molecule has 4 aliphatic rings. The van der Waals surface area contributed by atoms with Gasteiger partial charge >= 0.3 is 11.9 Å². The number of Topliss-reactive ketones (excluding diaryl/α,β-unsaturated/α-hetero) is 1. The minimum Gasteiger partial charge on any atom is -0.455 e. The maximum atomic E-state index is 13.0. The number of carbonyl (C=O) groups is 3. The molecule has 0 heterocycles. The number of hydrogen-bond donors (Lipinski definition) is 0. The van der Waals surface area contributed by atoms with Gasteiger partial charge in [-0.2, -0.15) is 0 Å². The Morgan fingerprint density at radius 1 is 0.974 bits per heavy atom. The van der Waals surface area contributed by atoms with E-state index in [1.54, 1.807) is 0 Å². The highest BCUT2D eigenvalue weighted by Gasteiger charge is 2.67. The Labute approximate surface area is 232 Å². The van der Waals surface area contributed by atoms with Crippen molar-refractivity contribution in [1.82, 2.24) is 0 Å². The van der Waals surface area contributed by atoms with Crippen LogP contribution in [-0.4, -0.2) is 34.4 Å². The number of benzene rings is 1. The molecule has 0 spiro atoms. The monoisotopic (exact) mass is 555 g/mol. The molecule has 2 saturated carbocycles. The number of rotatable bonds is 5. The highest BCUT2D eigenvalue weighted by atomic mass is 35.5. The third kappa shape index (κ3) is 4.22. The molecule has 0 aromatic heterocycles. The minimum absolute atomic E-state index is 0.0879. The second-order valence-electron chi connectivity index (χ2n) is 12.1. The normalized spacial score (nSPS) is 36.8. The summed E-state index contributed by atoms with van der Waals surface area (Å²) in [6, 6.07) is 5.37. The standard InChI is InChI=1S/C30H34ClNO7/c1-17(33)30(39-18(2)34)14-11-24-22-16-26(31)25-15-21(9-12-28(25,3)23(22)10-13-29(24,30)4)38-27(35)19-5-7-20(8-6-19)32(36)37/h5-8,15-16,21-24H,9-14H2,1-4H3/t21-,22-,23+,24+,28-,29+,30+/m1/s1. The molecule has 0 bridgehead atoms. The van der Waals surface area contributed by atoms with E-state index in [-0.39, 0.29) is 34.3 Å². The zero-order valence-corrected chi connectivity index (χ0v) is 23.5. The Morgan fingerprint density at radius 3 is 2.26 bits per heavy atom. The van der Waals surface area contributed by atoms with Gasteiger partial charge in [0.2, 0.25) is 0 Å². The number of hydrogen-bond acceptors (Lipinski definition) is 7. The van der Waals surface area contributed by atoms with Crippen molar-refractivity contribution in [3.05, 3.63) is 62.7 Å². The molecule has 5 rings (SSSR count). The lowest BCUT2D eigenvalue weighted by atomic mass is 9.48. The van der Waals surface area contributed by atoms with Crippen LogP contribution < -0.4 is 0 Å². The second-order valence-corrected chi connectivity index (χ2v) is 12.5. The Bertz CT molecular complexity index is 1300. The van der Waals surface area contributed by atoms with Crippen molar-refractivity contribution in [1.29, 1.82) is 0 Å². The molecule has 7 atom stereocenters. The Kier molecular flexibility index (Phi) is 6.77. The van der Waals surface area contributed by atoms with E-state index in [4.69, 9.17) is 21.1 Å². The van der Waals surface area contributed by atoms with Crippen molar-refractivity contribution >= 4 is 35.0 Å². The van der Waals surface area contributed by atoms with Crippen LogP contribution in [0.4, 0.5) is 5.69 Å². The maximum absolute atomic E-state index is 13.0. The van der Waals surface area contributed by atoms with E-state index in [0.717, 1.165) is 31.3 Å². The van der Waals surface area contributed by atoms with Gasteiger partial charge in [0, 0.05) is 29.5 Å². The van der Waals surface area contributed by atoms with E-state index in [1.165, 1.54) is 38.1 Å². The van der Waals surface area contributed by atoms with Gasteiger partial charge in [-0.3, -0.25) is 19.7 Å². The summed E-state index contributed by atoms with van der Waals surface area (Å²) >= 11 is 6.96. The van der Waals surface area contributed by atoms with E-state index < -0.39 is 34.0 Å². The molecular weight excluding hydrogens is 522 g/mol. The molecule has 9 heteroatoms. The van der Waals surface area contributed by atoms with Crippen molar-refractivity contribution in [2.24, 2.45) is 28.6 Å². The van der Waals surface area contributed by atoms with Crippen LogP contribution in [0, 0.1) is 38.7 Å². The lowest BCUT2D eigenvalue weighted by Crippen LogP contribution is -2.58. The highest BCUT2D eigenvalue weighted by molar-refractivity contribution is 6.32. The van der Waals surface area contributed by atoms with Crippen LogP contribution in [0.2, 0.25) is 0 Å². The number of ether oxygens (including phenoxy) is 2. The molecule has 1 aromatic rings. The zero-order chi connectivity index (χ0) is 28.3. The summed E-state index contributed by atoms with van der Waals surface area (Å²) in [5.41, 5.74) is -0.624. The van der Waals surface area contributed by atoms with E-state index in [0.29, 0.717) is 23.8 Å². The van der Waals surface area contributed by atoms with Crippen LogP contribution in [0.25, 0.3) is 0 Å². The summed E-state index contributed by atoms with van der Waals surface area (Å²) in [6.07, 6.45) is 8.01. The Morgan fingerprint density at radius 2 is 1.64 bits per heavy atom. The highest BCUT2D eigenvalue weighted by Crippen LogP contribution is 2.68. The molecule has 39 heavy (non-hydrogen) atoms. The summed E-state index contributed by atoms with van der Waals surface area (Å²) < 4.78 is 11.6. The number of nitro benzene ring substituents is 1. The van der Waals surface area contributed by atoms with E-state index >= 15 is 0 Å². The summed E-state index contributed by atoms with van der Waals surface area (Å²) in [5.74, 6) is -0.441. The quantitative estimate of drug-likeness (QED) is 0.237. The average Bonchev–Trinajstić information content (AvgIpc) is 3.17. The number of fused-ring (bicyclic) bond motifs is 5. The fourth-order valence-corrected chi connectivity index (χ4v) is 8.71. The van der Waals surface area contributed by atoms with E-state index in [9.17, 15) is 24.5 Å². The summed E-state index contributed by atoms with van der Waals surface area (Å²) in [6.45, 7) is 7.25. The van der Waals surface area contributed by atoms with Crippen molar-refractivity contribution in [3.8, 4) is 0 Å². The molecule has 0 amide bonds. The van der Waals surface area contributed by atoms with E-state index in [2.05, 4.69) is 19.9 Å². The molecule has 2 fully saturated rings. The molecular formula is C30H34ClNO7. The van der Waals surface area contributed by atoms with Crippen LogP contribution in [0.1, 0.15) is 76.6 Å². The second kappa shape index (κ2) is 9.58. The number of esters is 2. The third-order valence-electron chi connectivity index (χ3n) is 10.2. The molecule has 0 saturated heterocycles. The van der Waals surface area contributed by atoms with Crippen molar-refractivity contribution in [2.45, 2.75) is 77.9 Å². The lowest BCUT2D eigenvalue weighted by Gasteiger charge is -2.58. The fraction of sp³-hybridized carbons (Fsp3) is 0.567.